The molecule has 1 aromatic heterocycles. The number of nitriles is 1. The van der Waals surface area contributed by atoms with Crippen molar-refractivity contribution in [2.45, 2.75) is 50.7 Å². The van der Waals surface area contributed by atoms with Gasteiger partial charge in [0.05, 0.1) is 11.6 Å². The van der Waals surface area contributed by atoms with Gasteiger partial charge in [-0.05, 0) is 25.8 Å². The quantitative estimate of drug-likeness (QED) is 0.851. The number of carbonyl (C=O) groups excluding carboxylic acids is 2. The number of amides is 1. The van der Waals surface area contributed by atoms with Gasteiger partial charge in [-0.1, -0.05) is 37.5 Å². The molecule has 0 saturated heterocycles. The molecule has 3 rings (SSSR count). The van der Waals surface area contributed by atoms with Crippen LogP contribution in [0, 0.1) is 11.3 Å². The van der Waals surface area contributed by atoms with Crippen LogP contribution in [0.4, 0.5) is 0 Å². The van der Waals surface area contributed by atoms with Crippen molar-refractivity contribution in [1.29, 1.82) is 5.26 Å². The first-order valence-corrected chi connectivity index (χ1v) is 8.81. The highest BCUT2D eigenvalue weighted by Crippen LogP contribution is 2.33. The standard InChI is InChI=1S/C19H22N4O3/c1-13(17(24)23(2)19(12-20)10-6-3-7-11-19)26-18(25)16-14-8-4-5-9-15(14)21-22-16/h4-5,8-9,13H,3,6-7,10-11H2,1-2H3,(H,21,22). The minimum absolute atomic E-state index is 0.149. The lowest BCUT2D eigenvalue weighted by molar-refractivity contribution is -0.143. The van der Waals surface area contributed by atoms with E-state index in [1.807, 2.05) is 6.07 Å². The number of rotatable bonds is 4. The maximum absolute atomic E-state index is 12.7. The fourth-order valence-corrected chi connectivity index (χ4v) is 3.53. The highest BCUT2D eigenvalue weighted by molar-refractivity contribution is 6.02. The highest BCUT2D eigenvalue weighted by Gasteiger charge is 2.41. The van der Waals surface area contributed by atoms with E-state index in [0.717, 1.165) is 24.8 Å². The number of aromatic amines is 1. The first-order valence-electron chi connectivity index (χ1n) is 8.81. The van der Waals surface area contributed by atoms with E-state index in [4.69, 9.17) is 4.74 Å². The summed E-state index contributed by atoms with van der Waals surface area (Å²) in [6.07, 6.45) is 3.21. The molecule has 7 nitrogen and oxygen atoms in total. The average molecular weight is 354 g/mol. The normalized spacial score (nSPS) is 17.3. The summed E-state index contributed by atoms with van der Waals surface area (Å²) in [6, 6.07) is 9.51. The largest absolute Gasteiger partial charge is 0.448 e. The maximum Gasteiger partial charge on any atom is 0.360 e. The zero-order chi connectivity index (χ0) is 18.7. The number of fused-ring (bicyclic) bond motifs is 1. The van der Waals surface area contributed by atoms with Gasteiger partial charge in [0.15, 0.2) is 11.8 Å². The van der Waals surface area contributed by atoms with Gasteiger partial charge in [-0.3, -0.25) is 9.89 Å². The molecule has 0 aliphatic heterocycles. The smallest absolute Gasteiger partial charge is 0.360 e. The SMILES string of the molecule is CC(OC(=O)c1n[nH]c2ccccc12)C(=O)N(C)C1(C#N)CCCCC1. The summed E-state index contributed by atoms with van der Waals surface area (Å²) >= 11 is 0. The molecule has 1 atom stereocenters. The van der Waals surface area contributed by atoms with Crippen LogP contribution in [0.2, 0.25) is 0 Å². The number of hydrogen-bond donors (Lipinski definition) is 1. The Kier molecular flexibility index (Phi) is 4.94. The molecule has 136 valence electrons. The number of aromatic nitrogens is 2. The second kappa shape index (κ2) is 7.16. The summed E-state index contributed by atoms with van der Waals surface area (Å²) in [7, 11) is 1.62. The van der Waals surface area contributed by atoms with Crippen molar-refractivity contribution in [2.75, 3.05) is 7.05 Å². The Hall–Kier alpha value is -2.88. The number of esters is 1. The van der Waals surface area contributed by atoms with Gasteiger partial charge in [-0.15, -0.1) is 0 Å². The van der Waals surface area contributed by atoms with Crippen LogP contribution < -0.4 is 0 Å². The van der Waals surface area contributed by atoms with Crippen molar-refractivity contribution >= 4 is 22.8 Å². The van der Waals surface area contributed by atoms with Crippen molar-refractivity contribution in [2.24, 2.45) is 0 Å². The lowest BCUT2D eigenvalue weighted by Crippen LogP contribution is -2.53. The molecule has 1 aromatic carbocycles. The predicted molar refractivity (Wildman–Crippen MR) is 95.2 cm³/mol. The van der Waals surface area contributed by atoms with Gasteiger partial charge in [0.1, 0.15) is 5.54 Å². The average Bonchev–Trinajstić information content (AvgIpc) is 3.11. The van der Waals surface area contributed by atoms with Crippen molar-refractivity contribution in [1.82, 2.24) is 15.1 Å². The molecular weight excluding hydrogens is 332 g/mol. The van der Waals surface area contributed by atoms with Gasteiger partial charge in [0.2, 0.25) is 0 Å². The van der Waals surface area contributed by atoms with E-state index in [0.29, 0.717) is 18.2 Å². The summed E-state index contributed by atoms with van der Waals surface area (Å²) in [5, 5.41) is 17.0. The maximum atomic E-state index is 12.7. The minimum atomic E-state index is -0.991. The predicted octanol–water partition coefficient (Wildman–Crippen LogP) is 2.79. The van der Waals surface area contributed by atoms with E-state index in [1.165, 1.54) is 11.8 Å². The molecule has 1 aliphatic carbocycles. The topological polar surface area (TPSA) is 99.1 Å². The van der Waals surface area contributed by atoms with Crippen LogP contribution in [-0.4, -0.2) is 45.7 Å². The summed E-state index contributed by atoms with van der Waals surface area (Å²) < 4.78 is 5.34. The Labute approximate surface area is 151 Å². The van der Waals surface area contributed by atoms with Gasteiger partial charge >= 0.3 is 5.97 Å². The molecular formula is C19H22N4O3. The molecule has 0 bridgehead atoms. The molecule has 2 aromatic rings. The molecule has 1 saturated carbocycles. The van der Waals surface area contributed by atoms with E-state index in [9.17, 15) is 14.9 Å². The second-order valence-corrected chi connectivity index (χ2v) is 6.77. The Morgan fingerprint density at radius 1 is 1.31 bits per heavy atom. The van der Waals surface area contributed by atoms with Crippen LogP contribution in [0.3, 0.4) is 0 Å². The Bertz CT molecular complexity index is 861. The van der Waals surface area contributed by atoms with Gasteiger partial charge < -0.3 is 9.64 Å². The van der Waals surface area contributed by atoms with Crippen LogP contribution in [0.1, 0.15) is 49.5 Å². The molecule has 0 radical (unpaired) electrons. The molecule has 7 heteroatoms. The highest BCUT2D eigenvalue weighted by atomic mass is 16.5. The Morgan fingerprint density at radius 3 is 2.69 bits per heavy atom. The first kappa shape index (κ1) is 17.9. The van der Waals surface area contributed by atoms with Crippen LogP contribution >= 0.6 is 0 Å². The van der Waals surface area contributed by atoms with E-state index in [2.05, 4.69) is 16.3 Å². The number of hydrogen-bond acceptors (Lipinski definition) is 5. The van der Waals surface area contributed by atoms with Gasteiger partial charge in [0, 0.05) is 12.4 Å². The van der Waals surface area contributed by atoms with Crippen LogP contribution in [0.25, 0.3) is 10.9 Å². The molecule has 1 amide bonds. The van der Waals surface area contributed by atoms with Crippen molar-refractivity contribution in [3.63, 3.8) is 0 Å². The first-order chi connectivity index (χ1) is 12.5. The van der Waals surface area contributed by atoms with E-state index in [1.54, 1.807) is 25.2 Å². The third kappa shape index (κ3) is 3.15. The van der Waals surface area contributed by atoms with E-state index < -0.39 is 17.6 Å². The number of nitrogens with one attached hydrogen (secondary N) is 1. The van der Waals surface area contributed by atoms with Gasteiger partial charge in [-0.2, -0.15) is 10.4 Å². The summed E-state index contributed by atoms with van der Waals surface area (Å²) in [5.74, 6) is -1.03. The van der Waals surface area contributed by atoms with Crippen LogP contribution in [0.5, 0.6) is 0 Å². The Balaban J connectivity index is 1.72. The molecule has 1 aliphatic rings. The molecule has 1 unspecified atom stereocenters. The number of likely N-dealkylation sites (N-methyl/N-ethyl adjacent to an activating group) is 1. The number of para-hydroxylation sites is 1. The fourth-order valence-electron chi connectivity index (χ4n) is 3.53. The Morgan fingerprint density at radius 2 is 2.00 bits per heavy atom. The zero-order valence-corrected chi connectivity index (χ0v) is 15.0. The molecule has 26 heavy (non-hydrogen) atoms. The van der Waals surface area contributed by atoms with Crippen molar-refractivity contribution in [3.8, 4) is 6.07 Å². The van der Waals surface area contributed by atoms with Crippen LogP contribution in [-0.2, 0) is 9.53 Å². The van der Waals surface area contributed by atoms with Gasteiger partial charge in [-0.25, -0.2) is 4.79 Å². The number of ether oxygens (including phenoxy) is 1. The molecule has 0 spiro atoms. The fraction of sp³-hybridized carbons (Fsp3) is 0.474. The minimum Gasteiger partial charge on any atom is -0.448 e. The van der Waals surface area contributed by atoms with Gasteiger partial charge in [0.25, 0.3) is 5.91 Å². The lowest BCUT2D eigenvalue weighted by Gasteiger charge is -2.39. The monoisotopic (exact) mass is 354 g/mol. The lowest BCUT2D eigenvalue weighted by atomic mass is 9.81. The number of carbonyl (C=O) groups is 2. The van der Waals surface area contributed by atoms with Crippen molar-refractivity contribution < 1.29 is 14.3 Å². The number of benzene rings is 1. The number of nitrogens with zero attached hydrogens (tertiary/aromatic N) is 3. The molecule has 1 heterocycles. The van der Waals surface area contributed by atoms with E-state index in [-0.39, 0.29) is 11.6 Å². The number of H-pyrrole nitrogens is 1. The summed E-state index contributed by atoms with van der Waals surface area (Å²) in [5.41, 5.74) is 0.0615. The second-order valence-electron chi connectivity index (χ2n) is 6.77. The third-order valence-corrected chi connectivity index (χ3v) is 5.16. The summed E-state index contributed by atoms with van der Waals surface area (Å²) in [4.78, 5) is 26.6. The van der Waals surface area contributed by atoms with Crippen molar-refractivity contribution in [3.05, 3.63) is 30.0 Å². The van der Waals surface area contributed by atoms with Crippen LogP contribution in [0.15, 0.2) is 24.3 Å². The molecule has 1 fully saturated rings. The summed E-state index contributed by atoms with van der Waals surface area (Å²) in [6.45, 7) is 1.53. The molecule has 1 N–H and O–H groups in total. The van der Waals surface area contributed by atoms with E-state index >= 15 is 0 Å². The third-order valence-electron chi connectivity index (χ3n) is 5.16. The zero-order valence-electron chi connectivity index (χ0n) is 15.0.